The topological polar surface area (TPSA) is 15.3 Å². The van der Waals surface area contributed by atoms with Gasteiger partial charge in [-0.05, 0) is 30.7 Å². The maximum absolute atomic E-state index is 6.46. The number of aryl methyl sites for hydroxylation is 1. The van der Waals surface area contributed by atoms with Crippen molar-refractivity contribution in [2.75, 3.05) is 26.2 Å². The summed E-state index contributed by atoms with van der Waals surface area (Å²) in [7, 11) is 0. The van der Waals surface area contributed by atoms with Crippen molar-refractivity contribution in [3.8, 4) is 0 Å². The summed E-state index contributed by atoms with van der Waals surface area (Å²) in [5.41, 5.74) is 1.22. The van der Waals surface area contributed by atoms with Crippen LogP contribution in [0.15, 0.2) is 36.4 Å². The van der Waals surface area contributed by atoms with Gasteiger partial charge in [0.25, 0.3) is 0 Å². The molecule has 1 N–H and O–H groups in total. The van der Waals surface area contributed by atoms with Gasteiger partial charge in [-0.1, -0.05) is 29.8 Å². The number of rotatable bonds is 3. The van der Waals surface area contributed by atoms with Crippen LogP contribution in [0.5, 0.6) is 0 Å². The number of thiophene rings is 1. The number of nitrogens with one attached hydrogen (secondary N) is 1. The molecule has 1 aromatic carbocycles. The van der Waals surface area contributed by atoms with E-state index in [1.165, 1.54) is 15.3 Å². The van der Waals surface area contributed by atoms with Gasteiger partial charge >= 0.3 is 0 Å². The van der Waals surface area contributed by atoms with Crippen LogP contribution in [0, 0.1) is 6.92 Å². The van der Waals surface area contributed by atoms with Crippen molar-refractivity contribution in [2.24, 2.45) is 0 Å². The van der Waals surface area contributed by atoms with Gasteiger partial charge in [0.1, 0.15) is 0 Å². The minimum absolute atomic E-state index is 0.282. The van der Waals surface area contributed by atoms with Crippen LogP contribution in [0.1, 0.15) is 21.4 Å². The lowest BCUT2D eigenvalue weighted by Gasteiger charge is -2.35. The molecular weight excluding hydrogens is 288 g/mol. The van der Waals surface area contributed by atoms with Crippen LogP contribution in [-0.4, -0.2) is 31.1 Å². The summed E-state index contributed by atoms with van der Waals surface area (Å²) in [4.78, 5) is 5.27. The summed E-state index contributed by atoms with van der Waals surface area (Å²) < 4.78 is 0. The molecule has 0 saturated carbocycles. The molecule has 2 heterocycles. The maximum Gasteiger partial charge on any atom is 0.0711 e. The van der Waals surface area contributed by atoms with E-state index in [2.05, 4.69) is 41.4 Å². The van der Waals surface area contributed by atoms with Crippen molar-refractivity contribution in [1.29, 1.82) is 0 Å². The average Bonchev–Trinajstić information content (AvgIpc) is 2.89. The van der Waals surface area contributed by atoms with E-state index in [1.54, 1.807) is 0 Å². The fourth-order valence-corrected chi connectivity index (χ4v) is 4.04. The zero-order valence-electron chi connectivity index (χ0n) is 11.6. The fourth-order valence-electron chi connectivity index (χ4n) is 2.77. The quantitative estimate of drug-likeness (QED) is 0.930. The minimum atomic E-state index is 0.282. The van der Waals surface area contributed by atoms with Crippen molar-refractivity contribution >= 4 is 22.9 Å². The molecule has 0 bridgehead atoms. The van der Waals surface area contributed by atoms with Gasteiger partial charge in [-0.15, -0.1) is 11.3 Å². The second-order valence-electron chi connectivity index (χ2n) is 5.16. The van der Waals surface area contributed by atoms with E-state index >= 15 is 0 Å². The first-order chi connectivity index (χ1) is 9.75. The van der Waals surface area contributed by atoms with Crippen LogP contribution in [0.2, 0.25) is 5.02 Å². The molecule has 2 nitrogen and oxygen atoms in total. The Morgan fingerprint density at radius 3 is 2.55 bits per heavy atom. The summed E-state index contributed by atoms with van der Waals surface area (Å²) in [5.74, 6) is 0. The second kappa shape index (κ2) is 6.27. The largest absolute Gasteiger partial charge is 0.314 e. The first-order valence-electron chi connectivity index (χ1n) is 7.01. The van der Waals surface area contributed by atoms with Crippen molar-refractivity contribution in [1.82, 2.24) is 10.2 Å². The first-order valence-corrected chi connectivity index (χ1v) is 8.20. The Kier molecular flexibility index (Phi) is 4.41. The normalized spacial score (nSPS) is 18.1. The zero-order valence-corrected chi connectivity index (χ0v) is 13.2. The van der Waals surface area contributed by atoms with E-state index in [1.807, 2.05) is 23.5 Å². The number of piperazine rings is 1. The fraction of sp³-hybridized carbons (Fsp3) is 0.375. The number of benzene rings is 1. The molecule has 1 saturated heterocycles. The maximum atomic E-state index is 6.46. The SMILES string of the molecule is Cc1ccc(C(c2ccccc2Cl)N2CCNCC2)s1. The van der Waals surface area contributed by atoms with Crippen LogP contribution in [0.3, 0.4) is 0 Å². The lowest BCUT2D eigenvalue weighted by atomic mass is 10.0. The molecule has 0 amide bonds. The standard InChI is InChI=1S/C16H19ClN2S/c1-12-6-7-15(20-12)16(19-10-8-18-9-11-19)13-4-2-3-5-14(13)17/h2-7,16,18H,8-11H2,1H3. The van der Waals surface area contributed by atoms with Gasteiger partial charge in [-0.2, -0.15) is 0 Å². The van der Waals surface area contributed by atoms with Gasteiger partial charge in [0.2, 0.25) is 0 Å². The molecule has 3 rings (SSSR count). The summed E-state index contributed by atoms with van der Waals surface area (Å²) in [6.07, 6.45) is 0. The average molecular weight is 307 g/mol. The van der Waals surface area contributed by atoms with E-state index < -0.39 is 0 Å². The molecule has 106 valence electrons. The number of halogens is 1. The molecule has 1 aliphatic rings. The molecule has 4 heteroatoms. The Morgan fingerprint density at radius 1 is 1.15 bits per heavy atom. The molecule has 0 radical (unpaired) electrons. The Bertz CT molecular complexity index is 575. The Hall–Kier alpha value is -0.870. The highest BCUT2D eigenvalue weighted by atomic mass is 35.5. The molecule has 0 aliphatic carbocycles. The Morgan fingerprint density at radius 2 is 1.90 bits per heavy atom. The van der Waals surface area contributed by atoms with Gasteiger partial charge in [-0.3, -0.25) is 4.90 Å². The van der Waals surface area contributed by atoms with Crippen molar-refractivity contribution in [3.63, 3.8) is 0 Å². The minimum Gasteiger partial charge on any atom is -0.314 e. The van der Waals surface area contributed by atoms with Crippen LogP contribution < -0.4 is 5.32 Å². The van der Waals surface area contributed by atoms with Crippen molar-refractivity contribution < 1.29 is 0 Å². The summed E-state index contributed by atoms with van der Waals surface area (Å²) in [6, 6.07) is 13.0. The van der Waals surface area contributed by atoms with Crippen LogP contribution in [0.25, 0.3) is 0 Å². The van der Waals surface area contributed by atoms with Gasteiger partial charge < -0.3 is 5.32 Å². The molecular formula is C16H19ClN2S. The highest BCUT2D eigenvalue weighted by molar-refractivity contribution is 7.12. The van der Waals surface area contributed by atoms with Crippen LogP contribution >= 0.6 is 22.9 Å². The predicted molar refractivity (Wildman–Crippen MR) is 86.8 cm³/mol. The number of nitrogens with zero attached hydrogens (tertiary/aromatic N) is 1. The van der Waals surface area contributed by atoms with Gasteiger partial charge in [-0.25, -0.2) is 0 Å². The van der Waals surface area contributed by atoms with E-state index in [0.717, 1.165) is 31.2 Å². The molecule has 1 aromatic heterocycles. The van der Waals surface area contributed by atoms with Gasteiger partial charge in [0, 0.05) is 41.0 Å². The van der Waals surface area contributed by atoms with Crippen LogP contribution in [0.4, 0.5) is 0 Å². The highest BCUT2D eigenvalue weighted by Gasteiger charge is 2.26. The lowest BCUT2D eigenvalue weighted by Crippen LogP contribution is -2.45. The lowest BCUT2D eigenvalue weighted by molar-refractivity contribution is 0.201. The molecule has 1 aliphatic heterocycles. The number of hydrogen-bond donors (Lipinski definition) is 1. The Labute approximate surface area is 129 Å². The molecule has 1 unspecified atom stereocenters. The van der Waals surface area contributed by atoms with E-state index in [-0.39, 0.29) is 6.04 Å². The van der Waals surface area contributed by atoms with E-state index in [0.29, 0.717) is 0 Å². The third-order valence-electron chi connectivity index (χ3n) is 3.75. The molecule has 20 heavy (non-hydrogen) atoms. The summed E-state index contributed by atoms with van der Waals surface area (Å²) in [5, 5.41) is 4.28. The van der Waals surface area contributed by atoms with E-state index in [4.69, 9.17) is 11.6 Å². The second-order valence-corrected chi connectivity index (χ2v) is 6.89. The highest BCUT2D eigenvalue weighted by Crippen LogP contribution is 2.36. The third-order valence-corrected chi connectivity index (χ3v) is 5.14. The predicted octanol–water partition coefficient (Wildman–Crippen LogP) is 3.70. The molecule has 1 atom stereocenters. The van der Waals surface area contributed by atoms with Crippen molar-refractivity contribution in [3.05, 3.63) is 56.7 Å². The summed E-state index contributed by atoms with van der Waals surface area (Å²) in [6.45, 7) is 6.38. The molecule has 0 spiro atoms. The van der Waals surface area contributed by atoms with Crippen LogP contribution in [-0.2, 0) is 0 Å². The smallest absolute Gasteiger partial charge is 0.0711 e. The Balaban J connectivity index is 2.01. The first kappa shape index (κ1) is 14.1. The number of hydrogen-bond acceptors (Lipinski definition) is 3. The third kappa shape index (κ3) is 2.91. The summed E-state index contributed by atoms with van der Waals surface area (Å²) >= 11 is 8.33. The molecule has 1 fully saturated rings. The monoisotopic (exact) mass is 306 g/mol. The van der Waals surface area contributed by atoms with Gasteiger partial charge in [0.15, 0.2) is 0 Å². The van der Waals surface area contributed by atoms with Crippen molar-refractivity contribution in [2.45, 2.75) is 13.0 Å². The van der Waals surface area contributed by atoms with E-state index in [9.17, 15) is 0 Å². The van der Waals surface area contributed by atoms with Gasteiger partial charge in [0.05, 0.1) is 6.04 Å². The molecule has 2 aromatic rings. The zero-order chi connectivity index (χ0) is 13.9.